The van der Waals surface area contributed by atoms with Gasteiger partial charge < -0.3 is 10.7 Å². The summed E-state index contributed by atoms with van der Waals surface area (Å²) in [5.74, 6) is -0.382. The van der Waals surface area contributed by atoms with Crippen LogP contribution in [0.25, 0.3) is 22.2 Å². The second kappa shape index (κ2) is 8.68. The molecule has 4 aromatic rings. The number of nitrogens with one attached hydrogen (secondary N) is 3. The fraction of sp³-hybridized carbons (Fsp3) is 0.0800. The van der Waals surface area contributed by atoms with Gasteiger partial charge in [0.2, 0.25) is 0 Å². The molecule has 0 bridgehead atoms. The highest BCUT2D eigenvalue weighted by Crippen LogP contribution is 2.32. The highest BCUT2D eigenvalue weighted by molar-refractivity contribution is 5.95. The predicted molar refractivity (Wildman–Crippen MR) is 127 cm³/mol. The Kier molecular flexibility index (Phi) is 5.42. The number of anilines is 2. The summed E-state index contributed by atoms with van der Waals surface area (Å²) in [6.07, 6.45) is 3.32. The molecule has 0 atom stereocenters. The van der Waals surface area contributed by atoms with E-state index in [4.69, 9.17) is 4.98 Å². The molecule has 5 rings (SSSR count). The van der Waals surface area contributed by atoms with Gasteiger partial charge in [-0.25, -0.2) is 9.37 Å². The van der Waals surface area contributed by atoms with Crippen molar-refractivity contribution in [3.63, 3.8) is 0 Å². The van der Waals surface area contributed by atoms with Crippen LogP contribution >= 0.6 is 0 Å². The molecule has 0 saturated carbocycles. The van der Waals surface area contributed by atoms with Gasteiger partial charge in [-0.3, -0.25) is 14.8 Å². The molecule has 3 heterocycles. The van der Waals surface area contributed by atoms with Gasteiger partial charge in [0, 0.05) is 23.7 Å². The molecule has 3 N–H and O–H groups in total. The van der Waals surface area contributed by atoms with Crippen molar-refractivity contribution in [1.82, 2.24) is 20.8 Å². The molecule has 1 amide bonds. The van der Waals surface area contributed by atoms with Crippen molar-refractivity contribution in [3.05, 3.63) is 96.5 Å². The molecule has 0 spiro atoms. The van der Waals surface area contributed by atoms with Crippen molar-refractivity contribution in [1.29, 1.82) is 0 Å². The number of fused-ring (bicyclic) bond motifs is 2. The quantitative estimate of drug-likeness (QED) is 0.390. The third-order valence-electron chi connectivity index (χ3n) is 5.38. The average molecular weight is 440 g/mol. The fourth-order valence-electron chi connectivity index (χ4n) is 3.73. The largest absolute Gasteiger partial charge is 0.348 e. The Labute approximate surface area is 189 Å². The van der Waals surface area contributed by atoms with Crippen molar-refractivity contribution < 1.29 is 9.18 Å². The third kappa shape index (κ3) is 4.11. The van der Waals surface area contributed by atoms with Crippen LogP contribution in [0.5, 0.6) is 0 Å². The van der Waals surface area contributed by atoms with E-state index >= 15 is 0 Å². The van der Waals surface area contributed by atoms with Crippen LogP contribution in [0.3, 0.4) is 0 Å². The lowest BCUT2D eigenvalue weighted by molar-refractivity contribution is 0.0954. The monoisotopic (exact) mass is 440 g/mol. The topological polar surface area (TPSA) is 82.2 Å². The summed E-state index contributed by atoms with van der Waals surface area (Å²) in [4.78, 5) is 21.2. The van der Waals surface area contributed by atoms with Crippen molar-refractivity contribution in [3.8, 4) is 11.3 Å². The lowest BCUT2D eigenvalue weighted by Crippen LogP contribution is -2.35. The van der Waals surface area contributed by atoms with E-state index in [1.54, 1.807) is 18.3 Å². The van der Waals surface area contributed by atoms with Gasteiger partial charge in [0.1, 0.15) is 5.82 Å². The number of carbonyl (C=O) groups excluding carboxylic acids is 1. The maximum Gasteiger partial charge on any atom is 0.254 e. The van der Waals surface area contributed by atoms with Crippen LogP contribution in [0.15, 0.2) is 79.5 Å². The molecule has 0 radical (unpaired) electrons. The molecule has 7 nitrogen and oxygen atoms in total. The second-order valence-electron chi connectivity index (χ2n) is 7.61. The number of halogens is 1. The first-order valence-corrected chi connectivity index (χ1v) is 10.5. The first kappa shape index (κ1) is 20.6. The van der Waals surface area contributed by atoms with Crippen LogP contribution in [-0.2, 0) is 6.54 Å². The molecule has 164 valence electrons. The molecule has 0 fully saturated rings. The van der Waals surface area contributed by atoms with Crippen molar-refractivity contribution in [2.24, 2.45) is 0 Å². The minimum atomic E-state index is -0.603. The number of aromatic nitrogens is 2. The maximum absolute atomic E-state index is 14.6. The van der Waals surface area contributed by atoms with Crippen molar-refractivity contribution in [2.75, 3.05) is 17.0 Å². The molecule has 2 aromatic heterocycles. The van der Waals surface area contributed by atoms with Gasteiger partial charge in [-0.2, -0.15) is 0 Å². The smallest absolute Gasteiger partial charge is 0.254 e. The summed E-state index contributed by atoms with van der Waals surface area (Å²) >= 11 is 0. The molecule has 0 saturated heterocycles. The zero-order valence-electron chi connectivity index (χ0n) is 17.7. The van der Waals surface area contributed by atoms with E-state index in [9.17, 15) is 9.18 Å². The Morgan fingerprint density at radius 1 is 1.15 bits per heavy atom. The third-order valence-corrected chi connectivity index (χ3v) is 5.38. The van der Waals surface area contributed by atoms with Gasteiger partial charge in [-0.15, -0.1) is 12.1 Å². The number of hydrogen-bond acceptors (Lipinski definition) is 6. The molecule has 0 unspecified atom stereocenters. The molecule has 8 heteroatoms. The van der Waals surface area contributed by atoms with E-state index < -0.39 is 11.7 Å². The van der Waals surface area contributed by atoms with Gasteiger partial charge in [0.15, 0.2) is 5.82 Å². The van der Waals surface area contributed by atoms with E-state index in [0.29, 0.717) is 23.6 Å². The highest BCUT2D eigenvalue weighted by Gasteiger charge is 2.22. The minimum Gasteiger partial charge on any atom is -0.348 e. The van der Waals surface area contributed by atoms with Crippen LogP contribution in [0.1, 0.15) is 15.9 Å². The zero-order valence-corrected chi connectivity index (χ0v) is 17.7. The highest BCUT2D eigenvalue weighted by atomic mass is 19.1. The van der Waals surface area contributed by atoms with E-state index in [0.717, 1.165) is 22.2 Å². The number of nitrogens with zero attached hydrogens (tertiary/aromatic N) is 3. The van der Waals surface area contributed by atoms with Crippen LogP contribution in [0.2, 0.25) is 0 Å². The van der Waals surface area contributed by atoms with Gasteiger partial charge >= 0.3 is 0 Å². The number of pyridine rings is 2. The SMILES string of the molecule is C=CCNC(=O)c1ccc(-c2ccc3c(n2)N(Cc2ccc4ncccc4c2)NN3)cc1F. The molecule has 0 aliphatic carbocycles. The fourth-order valence-corrected chi connectivity index (χ4v) is 3.73. The average Bonchev–Trinajstić information content (AvgIpc) is 3.24. The van der Waals surface area contributed by atoms with Crippen LogP contribution < -0.4 is 21.3 Å². The molecule has 1 aliphatic heterocycles. The standard InChI is InChI=1S/C25H21FN6O/c1-2-11-28-25(33)19-7-6-18(14-20(19)26)22-9-10-23-24(29-22)32(31-30-23)15-16-5-8-21-17(13-16)4-3-12-27-21/h2-10,12-14,30-31H,1,11,15H2,(H,28,33). The summed E-state index contributed by atoms with van der Waals surface area (Å²) in [5, 5.41) is 5.54. The van der Waals surface area contributed by atoms with E-state index in [-0.39, 0.29) is 12.1 Å². The van der Waals surface area contributed by atoms with Crippen LogP contribution in [0, 0.1) is 5.82 Å². The van der Waals surface area contributed by atoms with Crippen LogP contribution in [-0.4, -0.2) is 22.4 Å². The van der Waals surface area contributed by atoms with E-state index in [1.807, 2.05) is 41.4 Å². The number of carbonyl (C=O) groups is 1. The van der Waals surface area contributed by atoms with Gasteiger partial charge in [0.05, 0.1) is 29.0 Å². The normalized spacial score (nSPS) is 12.3. The lowest BCUT2D eigenvalue weighted by Gasteiger charge is -2.17. The Bertz CT molecular complexity index is 1370. The lowest BCUT2D eigenvalue weighted by atomic mass is 10.1. The summed E-state index contributed by atoms with van der Waals surface area (Å²) in [6, 6.07) is 18.2. The molecular weight excluding hydrogens is 419 g/mol. The maximum atomic E-state index is 14.6. The first-order chi connectivity index (χ1) is 16.1. The molecular formula is C25H21FN6O. The predicted octanol–water partition coefficient (Wildman–Crippen LogP) is 4.20. The molecule has 33 heavy (non-hydrogen) atoms. The molecule has 2 aromatic carbocycles. The Morgan fingerprint density at radius 2 is 2.06 bits per heavy atom. The van der Waals surface area contributed by atoms with Gasteiger partial charge in [0.25, 0.3) is 5.91 Å². The van der Waals surface area contributed by atoms with E-state index in [1.165, 1.54) is 12.1 Å². The Morgan fingerprint density at radius 3 is 2.91 bits per heavy atom. The summed E-state index contributed by atoms with van der Waals surface area (Å²) in [5.41, 5.74) is 10.2. The van der Waals surface area contributed by atoms with Gasteiger partial charge in [-0.1, -0.05) is 24.3 Å². The summed E-state index contributed by atoms with van der Waals surface area (Å²) < 4.78 is 14.6. The number of benzene rings is 2. The van der Waals surface area contributed by atoms with E-state index in [2.05, 4.69) is 33.9 Å². The molecule has 1 aliphatic rings. The zero-order chi connectivity index (χ0) is 22.8. The number of hydrazine groups is 2. The summed E-state index contributed by atoms with van der Waals surface area (Å²) in [7, 11) is 0. The number of amides is 1. The Hall–Kier alpha value is -4.30. The van der Waals surface area contributed by atoms with Crippen LogP contribution in [0.4, 0.5) is 15.9 Å². The van der Waals surface area contributed by atoms with Crippen molar-refractivity contribution in [2.45, 2.75) is 6.54 Å². The Balaban J connectivity index is 1.40. The number of hydrogen-bond donors (Lipinski definition) is 3. The van der Waals surface area contributed by atoms with Crippen molar-refractivity contribution >= 4 is 28.3 Å². The minimum absolute atomic E-state index is 0.0162. The first-order valence-electron chi connectivity index (χ1n) is 10.5. The summed E-state index contributed by atoms with van der Waals surface area (Å²) in [6.45, 7) is 4.38. The van der Waals surface area contributed by atoms with Gasteiger partial charge in [-0.05, 0) is 48.0 Å². The number of rotatable bonds is 6. The second-order valence-corrected chi connectivity index (χ2v) is 7.61.